The van der Waals surface area contributed by atoms with Gasteiger partial charge in [0, 0.05) is 11.1 Å². The first-order valence-electron chi connectivity index (χ1n) is 6.24. The number of hydrogen-bond donors (Lipinski definition) is 0. The normalized spacial score (nSPS) is 16.6. The summed E-state index contributed by atoms with van der Waals surface area (Å²) in [5.41, 5.74) is 1.75. The van der Waals surface area contributed by atoms with Gasteiger partial charge in [0.05, 0.1) is 17.0 Å². The summed E-state index contributed by atoms with van der Waals surface area (Å²) < 4.78 is 5.26. The quantitative estimate of drug-likeness (QED) is 0.636. The molecule has 0 saturated heterocycles. The highest BCUT2D eigenvalue weighted by molar-refractivity contribution is 6.34. The lowest BCUT2D eigenvalue weighted by atomic mass is 9.98. The van der Waals surface area contributed by atoms with Crippen LogP contribution in [0.5, 0.6) is 0 Å². The van der Waals surface area contributed by atoms with E-state index in [2.05, 4.69) is 0 Å². The number of benzene rings is 2. The number of carbonyl (C=O) groups excluding carboxylic acids is 2. The minimum Gasteiger partial charge on any atom is -0.453 e. The molecular weight excluding hydrogens is 276 g/mol. The molecule has 0 aliphatic carbocycles. The topological polar surface area (TPSA) is 43.4 Å². The zero-order valence-electron chi connectivity index (χ0n) is 10.5. The molecule has 100 valence electrons. The molecule has 0 bridgehead atoms. The zero-order chi connectivity index (χ0) is 14.1. The molecule has 0 unspecified atom stereocenters. The van der Waals surface area contributed by atoms with Crippen LogP contribution in [-0.4, -0.2) is 11.8 Å². The number of hydrogen-bond acceptors (Lipinski definition) is 3. The highest BCUT2D eigenvalue weighted by atomic mass is 35.5. The summed E-state index contributed by atoms with van der Waals surface area (Å²) in [6.45, 7) is 0. The third kappa shape index (κ3) is 2.21. The van der Waals surface area contributed by atoms with E-state index in [0.29, 0.717) is 16.1 Å². The SMILES string of the molecule is O=C(C[C@H]1OC(=O)c2ccccc21)c1ccccc1Cl. The summed E-state index contributed by atoms with van der Waals surface area (Å²) in [5, 5.41) is 0.412. The number of carbonyl (C=O) groups is 2. The van der Waals surface area contributed by atoms with Crippen molar-refractivity contribution in [1.29, 1.82) is 0 Å². The second-order valence-electron chi connectivity index (χ2n) is 4.59. The second kappa shape index (κ2) is 5.10. The minimum absolute atomic E-state index is 0.104. The highest BCUT2D eigenvalue weighted by Crippen LogP contribution is 2.34. The third-order valence-electron chi connectivity index (χ3n) is 3.32. The van der Waals surface area contributed by atoms with Crippen LogP contribution < -0.4 is 0 Å². The van der Waals surface area contributed by atoms with Crippen LogP contribution in [0.1, 0.15) is 38.8 Å². The van der Waals surface area contributed by atoms with Gasteiger partial charge in [0.25, 0.3) is 0 Å². The number of rotatable bonds is 3. The van der Waals surface area contributed by atoms with Gasteiger partial charge in [0.15, 0.2) is 5.78 Å². The maximum absolute atomic E-state index is 12.3. The van der Waals surface area contributed by atoms with Crippen molar-refractivity contribution in [2.45, 2.75) is 12.5 Å². The number of halogens is 1. The number of fused-ring (bicyclic) bond motifs is 1. The molecule has 20 heavy (non-hydrogen) atoms. The minimum atomic E-state index is -0.525. The van der Waals surface area contributed by atoms with Gasteiger partial charge in [-0.05, 0) is 18.2 Å². The molecule has 0 saturated carbocycles. The van der Waals surface area contributed by atoms with E-state index in [9.17, 15) is 9.59 Å². The number of esters is 1. The van der Waals surface area contributed by atoms with E-state index in [1.165, 1.54) is 0 Å². The standard InChI is InChI=1S/C16H11ClO3/c17-13-8-4-3-7-12(13)14(18)9-15-10-5-1-2-6-11(10)16(19)20-15/h1-8,15H,9H2/t15-/m1/s1. The summed E-state index contributed by atoms with van der Waals surface area (Å²) in [6.07, 6.45) is -0.422. The first-order chi connectivity index (χ1) is 9.66. The third-order valence-corrected chi connectivity index (χ3v) is 3.65. The Bertz CT molecular complexity index is 694. The Labute approximate surface area is 121 Å². The van der Waals surface area contributed by atoms with E-state index in [-0.39, 0.29) is 18.2 Å². The fourth-order valence-corrected chi connectivity index (χ4v) is 2.58. The Hall–Kier alpha value is -2.13. The molecular formula is C16H11ClO3. The number of ketones is 1. The van der Waals surface area contributed by atoms with Crippen molar-refractivity contribution < 1.29 is 14.3 Å². The summed E-state index contributed by atoms with van der Waals surface area (Å²) in [4.78, 5) is 24.0. The molecule has 2 aromatic rings. The van der Waals surface area contributed by atoms with Gasteiger partial charge in [0.1, 0.15) is 6.10 Å². The van der Waals surface area contributed by atoms with Gasteiger partial charge >= 0.3 is 5.97 Å². The van der Waals surface area contributed by atoms with Crippen molar-refractivity contribution in [3.8, 4) is 0 Å². The second-order valence-corrected chi connectivity index (χ2v) is 5.00. The van der Waals surface area contributed by atoms with Crippen LogP contribution >= 0.6 is 11.6 Å². The maximum atomic E-state index is 12.3. The first kappa shape index (κ1) is 12.9. The van der Waals surface area contributed by atoms with E-state index >= 15 is 0 Å². The predicted molar refractivity (Wildman–Crippen MR) is 75.0 cm³/mol. The fourth-order valence-electron chi connectivity index (χ4n) is 2.34. The molecule has 1 atom stereocenters. The molecule has 0 radical (unpaired) electrons. The lowest BCUT2D eigenvalue weighted by Gasteiger charge is -2.10. The molecule has 3 nitrogen and oxygen atoms in total. The Morgan fingerprint density at radius 1 is 1.10 bits per heavy atom. The molecule has 0 aromatic heterocycles. The van der Waals surface area contributed by atoms with Crippen LogP contribution in [0.2, 0.25) is 5.02 Å². The molecule has 2 aromatic carbocycles. The maximum Gasteiger partial charge on any atom is 0.339 e. The Morgan fingerprint density at radius 2 is 1.80 bits per heavy atom. The van der Waals surface area contributed by atoms with Crippen LogP contribution in [0, 0.1) is 0 Å². The lowest BCUT2D eigenvalue weighted by molar-refractivity contribution is 0.0367. The highest BCUT2D eigenvalue weighted by Gasteiger charge is 2.32. The molecule has 0 N–H and O–H groups in total. The van der Waals surface area contributed by atoms with E-state index in [1.807, 2.05) is 12.1 Å². The van der Waals surface area contributed by atoms with E-state index in [0.717, 1.165) is 5.56 Å². The van der Waals surface area contributed by atoms with Gasteiger partial charge in [-0.15, -0.1) is 0 Å². The summed E-state index contributed by atoms with van der Waals surface area (Å²) in [5.74, 6) is -0.511. The number of ether oxygens (including phenoxy) is 1. The molecule has 1 heterocycles. The van der Waals surface area contributed by atoms with Crippen LogP contribution in [0.15, 0.2) is 48.5 Å². The molecule has 1 aliphatic rings. The fraction of sp³-hybridized carbons (Fsp3) is 0.125. The van der Waals surface area contributed by atoms with Crippen molar-refractivity contribution in [2.75, 3.05) is 0 Å². The van der Waals surface area contributed by atoms with Crippen LogP contribution in [0.4, 0.5) is 0 Å². The molecule has 3 rings (SSSR count). The van der Waals surface area contributed by atoms with Gasteiger partial charge in [-0.3, -0.25) is 4.79 Å². The average Bonchev–Trinajstić information content (AvgIpc) is 2.76. The monoisotopic (exact) mass is 286 g/mol. The van der Waals surface area contributed by atoms with Crippen molar-refractivity contribution in [3.05, 3.63) is 70.2 Å². The Kier molecular flexibility index (Phi) is 3.28. The van der Waals surface area contributed by atoms with Crippen LogP contribution in [-0.2, 0) is 4.74 Å². The van der Waals surface area contributed by atoms with Crippen molar-refractivity contribution in [3.63, 3.8) is 0 Å². The van der Waals surface area contributed by atoms with Gasteiger partial charge < -0.3 is 4.74 Å². The van der Waals surface area contributed by atoms with Gasteiger partial charge in [-0.1, -0.05) is 41.9 Å². The van der Waals surface area contributed by atoms with E-state index < -0.39 is 6.10 Å². The Balaban J connectivity index is 1.85. The van der Waals surface area contributed by atoms with E-state index in [1.54, 1.807) is 36.4 Å². The first-order valence-corrected chi connectivity index (χ1v) is 6.62. The summed E-state index contributed by atoms with van der Waals surface area (Å²) in [7, 11) is 0. The number of cyclic esters (lactones) is 1. The molecule has 0 fully saturated rings. The average molecular weight is 287 g/mol. The molecule has 0 amide bonds. The molecule has 0 spiro atoms. The summed E-state index contributed by atoms with van der Waals surface area (Å²) >= 11 is 6.00. The van der Waals surface area contributed by atoms with Crippen LogP contribution in [0.25, 0.3) is 0 Å². The van der Waals surface area contributed by atoms with Crippen molar-refractivity contribution in [2.24, 2.45) is 0 Å². The van der Waals surface area contributed by atoms with E-state index in [4.69, 9.17) is 16.3 Å². The smallest absolute Gasteiger partial charge is 0.339 e. The largest absolute Gasteiger partial charge is 0.453 e. The zero-order valence-corrected chi connectivity index (χ0v) is 11.3. The van der Waals surface area contributed by atoms with Crippen molar-refractivity contribution in [1.82, 2.24) is 0 Å². The van der Waals surface area contributed by atoms with Gasteiger partial charge in [0.2, 0.25) is 0 Å². The number of Topliss-reactive ketones (excluding diaryl/α,β-unsaturated/α-hetero) is 1. The van der Waals surface area contributed by atoms with Gasteiger partial charge in [-0.2, -0.15) is 0 Å². The summed E-state index contributed by atoms with van der Waals surface area (Å²) in [6, 6.07) is 14.0. The van der Waals surface area contributed by atoms with Gasteiger partial charge in [-0.25, -0.2) is 4.79 Å². The Morgan fingerprint density at radius 3 is 2.60 bits per heavy atom. The van der Waals surface area contributed by atoms with Crippen LogP contribution in [0.3, 0.4) is 0 Å². The molecule has 4 heteroatoms. The lowest BCUT2D eigenvalue weighted by Crippen LogP contribution is -2.08. The molecule has 1 aliphatic heterocycles. The van der Waals surface area contributed by atoms with Crippen molar-refractivity contribution >= 4 is 23.4 Å². The predicted octanol–water partition coefficient (Wildman–Crippen LogP) is 3.82.